The normalized spacial score (nSPS) is 16.9. The number of benzene rings is 1. The van der Waals surface area contributed by atoms with Crippen molar-refractivity contribution in [2.24, 2.45) is 5.92 Å². The van der Waals surface area contributed by atoms with Crippen molar-refractivity contribution < 1.29 is 27.5 Å². The van der Waals surface area contributed by atoms with E-state index in [1.165, 1.54) is 35.7 Å². The first-order chi connectivity index (χ1) is 12.3. The van der Waals surface area contributed by atoms with Gasteiger partial charge in [0.25, 0.3) is 5.91 Å². The topological polar surface area (TPSA) is 102 Å². The highest BCUT2D eigenvalue weighted by Gasteiger charge is 2.28. The zero-order valence-corrected chi connectivity index (χ0v) is 15.9. The molecule has 0 saturated carbocycles. The molecule has 0 unspecified atom stereocenters. The van der Waals surface area contributed by atoms with Gasteiger partial charge in [-0.05, 0) is 30.2 Å². The molecule has 1 aromatic rings. The molecule has 1 aliphatic heterocycles. The third kappa shape index (κ3) is 4.60. The molecule has 1 saturated heterocycles. The lowest BCUT2D eigenvalue weighted by atomic mass is 10.0. The zero-order valence-electron chi connectivity index (χ0n) is 15.1. The van der Waals surface area contributed by atoms with Gasteiger partial charge >= 0.3 is 5.97 Å². The fourth-order valence-electron chi connectivity index (χ4n) is 2.56. The molecule has 1 aliphatic rings. The Labute approximate surface area is 153 Å². The number of nitrogens with one attached hydrogen (secondary N) is 1. The summed E-state index contributed by atoms with van der Waals surface area (Å²) >= 11 is 0. The van der Waals surface area contributed by atoms with Crippen LogP contribution in [0.15, 0.2) is 29.2 Å². The number of hydrogen-bond acceptors (Lipinski definition) is 6. The molecule has 0 spiro atoms. The summed E-state index contributed by atoms with van der Waals surface area (Å²) in [6.45, 7) is 4.92. The second-order valence-electron chi connectivity index (χ2n) is 6.26. The molecule has 9 heteroatoms. The Balaban J connectivity index is 2.13. The van der Waals surface area contributed by atoms with Gasteiger partial charge in [-0.1, -0.05) is 13.8 Å². The van der Waals surface area contributed by atoms with Crippen LogP contribution in [0.5, 0.6) is 0 Å². The molecule has 0 radical (unpaired) electrons. The molecule has 1 heterocycles. The molecule has 0 bridgehead atoms. The molecule has 1 fully saturated rings. The number of nitrogens with zero attached hydrogens (tertiary/aromatic N) is 1. The molecular formula is C17H24N2O6S. The van der Waals surface area contributed by atoms with Crippen LogP contribution < -0.4 is 5.32 Å². The first-order valence-corrected chi connectivity index (χ1v) is 9.78. The highest BCUT2D eigenvalue weighted by molar-refractivity contribution is 7.89. The minimum Gasteiger partial charge on any atom is -0.467 e. The van der Waals surface area contributed by atoms with Crippen LogP contribution in [-0.4, -0.2) is 64.1 Å². The van der Waals surface area contributed by atoms with E-state index in [1.54, 1.807) is 13.8 Å². The average molecular weight is 384 g/mol. The maximum Gasteiger partial charge on any atom is 0.328 e. The van der Waals surface area contributed by atoms with Crippen LogP contribution in [0, 0.1) is 5.92 Å². The van der Waals surface area contributed by atoms with Gasteiger partial charge in [-0.25, -0.2) is 13.2 Å². The van der Waals surface area contributed by atoms with E-state index in [4.69, 9.17) is 9.47 Å². The summed E-state index contributed by atoms with van der Waals surface area (Å²) in [6.07, 6.45) is 0. The average Bonchev–Trinajstić information content (AvgIpc) is 2.65. The lowest BCUT2D eigenvalue weighted by molar-refractivity contribution is -0.144. The van der Waals surface area contributed by atoms with Crippen molar-refractivity contribution in [2.75, 3.05) is 33.4 Å². The van der Waals surface area contributed by atoms with Crippen LogP contribution >= 0.6 is 0 Å². The molecule has 8 nitrogen and oxygen atoms in total. The summed E-state index contributed by atoms with van der Waals surface area (Å²) in [5.41, 5.74) is 0.264. The number of carbonyl (C=O) groups excluding carboxylic acids is 2. The van der Waals surface area contributed by atoms with E-state index < -0.39 is 27.9 Å². The number of sulfonamides is 1. The number of amides is 1. The van der Waals surface area contributed by atoms with Crippen LogP contribution in [0.3, 0.4) is 0 Å². The second kappa shape index (κ2) is 8.61. The fourth-order valence-corrected chi connectivity index (χ4v) is 3.97. The lowest BCUT2D eigenvalue weighted by Crippen LogP contribution is -2.45. The smallest absolute Gasteiger partial charge is 0.328 e. The maximum absolute atomic E-state index is 12.6. The summed E-state index contributed by atoms with van der Waals surface area (Å²) < 4.78 is 36.4. The molecule has 0 aliphatic carbocycles. The van der Waals surface area contributed by atoms with Crippen molar-refractivity contribution >= 4 is 21.9 Å². The second-order valence-corrected chi connectivity index (χ2v) is 8.20. The SMILES string of the molecule is COC(=O)[C@@H](NC(=O)c1ccc(S(=O)(=O)N2CCOCC2)cc1)C(C)C. The summed E-state index contributed by atoms with van der Waals surface area (Å²) in [6, 6.07) is 4.86. The molecule has 2 rings (SSSR count). The van der Waals surface area contributed by atoms with Crippen molar-refractivity contribution in [3.05, 3.63) is 29.8 Å². The molecule has 1 atom stereocenters. The molecule has 1 N–H and O–H groups in total. The summed E-state index contributed by atoms with van der Waals surface area (Å²) in [5.74, 6) is -1.14. The predicted octanol–water partition coefficient (Wildman–Crippen LogP) is 0.635. The number of morpholine rings is 1. The molecular weight excluding hydrogens is 360 g/mol. The Morgan fingerprint density at radius 3 is 2.23 bits per heavy atom. The highest BCUT2D eigenvalue weighted by Crippen LogP contribution is 2.18. The molecule has 1 aromatic carbocycles. The quantitative estimate of drug-likeness (QED) is 0.722. The first-order valence-electron chi connectivity index (χ1n) is 8.34. The molecule has 26 heavy (non-hydrogen) atoms. The van der Waals surface area contributed by atoms with E-state index in [1.807, 2.05) is 0 Å². The Hall–Kier alpha value is -1.97. The van der Waals surface area contributed by atoms with Gasteiger partial charge < -0.3 is 14.8 Å². The van der Waals surface area contributed by atoms with E-state index in [2.05, 4.69) is 5.32 Å². The highest BCUT2D eigenvalue weighted by atomic mass is 32.2. The Bertz CT molecular complexity index is 739. The number of ether oxygens (including phenoxy) is 2. The minimum atomic E-state index is -3.61. The fraction of sp³-hybridized carbons (Fsp3) is 0.529. The Morgan fingerprint density at radius 1 is 1.15 bits per heavy atom. The van der Waals surface area contributed by atoms with E-state index >= 15 is 0 Å². The van der Waals surface area contributed by atoms with E-state index in [-0.39, 0.29) is 16.4 Å². The van der Waals surface area contributed by atoms with Gasteiger partial charge in [0.05, 0.1) is 25.2 Å². The third-order valence-electron chi connectivity index (χ3n) is 4.13. The van der Waals surface area contributed by atoms with E-state index in [0.717, 1.165) is 0 Å². The van der Waals surface area contributed by atoms with E-state index in [9.17, 15) is 18.0 Å². The van der Waals surface area contributed by atoms with Crippen LogP contribution in [0.1, 0.15) is 24.2 Å². The molecule has 1 amide bonds. The predicted molar refractivity (Wildman–Crippen MR) is 94.1 cm³/mol. The van der Waals surface area contributed by atoms with Crippen LogP contribution in [0.4, 0.5) is 0 Å². The number of esters is 1. The van der Waals surface area contributed by atoms with Crippen LogP contribution in [0.25, 0.3) is 0 Å². The monoisotopic (exact) mass is 384 g/mol. The van der Waals surface area contributed by atoms with Crippen molar-refractivity contribution in [3.8, 4) is 0 Å². The van der Waals surface area contributed by atoms with Gasteiger partial charge in [0.2, 0.25) is 10.0 Å². The number of hydrogen-bond donors (Lipinski definition) is 1. The summed E-state index contributed by atoms with van der Waals surface area (Å²) in [7, 11) is -2.35. The van der Waals surface area contributed by atoms with Gasteiger partial charge in [0.15, 0.2) is 0 Å². The zero-order chi connectivity index (χ0) is 19.3. The third-order valence-corrected chi connectivity index (χ3v) is 6.05. The van der Waals surface area contributed by atoms with Crippen molar-refractivity contribution in [2.45, 2.75) is 24.8 Å². The Morgan fingerprint density at radius 2 is 1.73 bits per heavy atom. The van der Waals surface area contributed by atoms with Crippen molar-refractivity contribution in [1.29, 1.82) is 0 Å². The number of carbonyl (C=O) groups is 2. The van der Waals surface area contributed by atoms with E-state index in [0.29, 0.717) is 26.3 Å². The molecule has 0 aromatic heterocycles. The molecule has 144 valence electrons. The largest absolute Gasteiger partial charge is 0.467 e. The van der Waals surface area contributed by atoms with Gasteiger partial charge in [0, 0.05) is 18.7 Å². The van der Waals surface area contributed by atoms with Gasteiger partial charge in [0.1, 0.15) is 6.04 Å². The number of rotatable bonds is 6. The van der Waals surface area contributed by atoms with Crippen molar-refractivity contribution in [3.63, 3.8) is 0 Å². The summed E-state index contributed by atoms with van der Waals surface area (Å²) in [5, 5.41) is 2.62. The lowest BCUT2D eigenvalue weighted by Gasteiger charge is -2.26. The first kappa shape index (κ1) is 20.3. The van der Waals surface area contributed by atoms with Crippen molar-refractivity contribution in [1.82, 2.24) is 9.62 Å². The standard InChI is InChI=1S/C17H24N2O6S/c1-12(2)15(17(21)24-3)18-16(20)13-4-6-14(7-5-13)26(22,23)19-8-10-25-11-9-19/h4-7,12,15H,8-11H2,1-3H3,(H,18,20)/t15-/m0/s1. The summed E-state index contributed by atoms with van der Waals surface area (Å²) in [4.78, 5) is 24.2. The maximum atomic E-state index is 12.6. The number of methoxy groups -OCH3 is 1. The van der Waals surface area contributed by atoms with Crippen LogP contribution in [0.2, 0.25) is 0 Å². The van der Waals surface area contributed by atoms with Gasteiger partial charge in [-0.15, -0.1) is 0 Å². The van der Waals surface area contributed by atoms with Gasteiger partial charge in [-0.3, -0.25) is 4.79 Å². The Kier molecular flexibility index (Phi) is 6.74. The van der Waals surface area contributed by atoms with Crippen LogP contribution in [-0.2, 0) is 24.3 Å². The minimum absolute atomic E-state index is 0.115. The van der Waals surface area contributed by atoms with Gasteiger partial charge in [-0.2, -0.15) is 4.31 Å².